The van der Waals surface area contributed by atoms with Crippen LogP contribution in [0.5, 0.6) is 6.01 Å². The molecule has 20 heavy (non-hydrogen) atoms. The van der Waals surface area contributed by atoms with Gasteiger partial charge in [-0.2, -0.15) is 15.0 Å². The van der Waals surface area contributed by atoms with Gasteiger partial charge < -0.3 is 10.5 Å². The molecule has 1 aromatic heterocycles. The molecule has 0 aliphatic rings. The van der Waals surface area contributed by atoms with Crippen molar-refractivity contribution in [1.29, 1.82) is 0 Å². The number of halogens is 1. The Morgan fingerprint density at radius 2 is 1.90 bits per heavy atom. The first-order valence-corrected chi connectivity index (χ1v) is 7.45. The van der Waals surface area contributed by atoms with Gasteiger partial charge in [0.1, 0.15) is 0 Å². The first-order chi connectivity index (χ1) is 9.52. The fraction of sp³-hybridized carbons (Fsp3) is 0.308. The van der Waals surface area contributed by atoms with E-state index in [9.17, 15) is 0 Å². The van der Waals surface area contributed by atoms with Crippen LogP contribution < -0.4 is 10.5 Å². The second-order valence-electron chi connectivity index (χ2n) is 4.34. The van der Waals surface area contributed by atoms with E-state index in [-0.39, 0.29) is 18.1 Å². The number of benzene rings is 1. The van der Waals surface area contributed by atoms with Gasteiger partial charge in [-0.05, 0) is 31.5 Å². The number of nitrogens with two attached hydrogens (primary N) is 1. The van der Waals surface area contributed by atoms with Crippen LogP contribution in [0.15, 0.2) is 29.4 Å². The van der Waals surface area contributed by atoms with Gasteiger partial charge in [0.05, 0.1) is 6.10 Å². The van der Waals surface area contributed by atoms with Crippen molar-refractivity contribution in [2.75, 3.05) is 5.73 Å². The first-order valence-electron chi connectivity index (χ1n) is 6.08. The molecule has 0 unspecified atom stereocenters. The Hall–Kier alpha value is -1.53. The van der Waals surface area contributed by atoms with E-state index in [2.05, 4.69) is 15.0 Å². The van der Waals surface area contributed by atoms with Crippen molar-refractivity contribution in [3.63, 3.8) is 0 Å². The number of rotatable bonds is 5. The van der Waals surface area contributed by atoms with Crippen LogP contribution >= 0.6 is 23.4 Å². The van der Waals surface area contributed by atoms with E-state index in [1.807, 2.05) is 38.1 Å². The number of ether oxygens (including phenoxy) is 1. The Bertz CT molecular complexity index is 577. The fourth-order valence-corrected chi connectivity index (χ4v) is 2.32. The molecule has 2 aromatic rings. The maximum Gasteiger partial charge on any atom is 0.322 e. The molecule has 5 nitrogen and oxygen atoms in total. The highest BCUT2D eigenvalue weighted by Crippen LogP contribution is 2.22. The lowest BCUT2D eigenvalue weighted by atomic mass is 10.2. The largest absolute Gasteiger partial charge is 0.461 e. The molecule has 0 atom stereocenters. The lowest BCUT2D eigenvalue weighted by Gasteiger charge is -2.08. The van der Waals surface area contributed by atoms with Crippen LogP contribution in [-0.2, 0) is 5.75 Å². The molecular weight excluding hydrogens is 296 g/mol. The van der Waals surface area contributed by atoms with Crippen LogP contribution in [-0.4, -0.2) is 21.1 Å². The predicted molar refractivity (Wildman–Crippen MR) is 81.0 cm³/mol. The molecule has 0 bridgehead atoms. The number of nitrogens with zero attached hydrogens (tertiary/aromatic N) is 3. The average Bonchev–Trinajstić information content (AvgIpc) is 2.36. The summed E-state index contributed by atoms with van der Waals surface area (Å²) in [4.78, 5) is 12.2. The lowest BCUT2D eigenvalue weighted by Crippen LogP contribution is -2.10. The molecule has 2 N–H and O–H groups in total. The van der Waals surface area contributed by atoms with Crippen molar-refractivity contribution >= 4 is 29.3 Å². The summed E-state index contributed by atoms with van der Waals surface area (Å²) in [6, 6.07) is 7.89. The van der Waals surface area contributed by atoms with Crippen LogP contribution in [0.2, 0.25) is 5.02 Å². The summed E-state index contributed by atoms with van der Waals surface area (Å²) in [6.45, 7) is 3.81. The lowest BCUT2D eigenvalue weighted by molar-refractivity contribution is 0.219. The normalized spacial score (nSPS) is 10.8. The Labute approximate surface area is 126 Å². The molecule has 106 valence electrons. The number of aromatic nitrogens is 3. The van der Waals surface area contributed by atoms with Gasteiger partial charge in [-0.15, -0.1) is 0 Å². The van der Waals surface area contributed by atoms with E-state index in [4.69, 9.17) is 22.1 Å². The maximum absolute atomic E-state index is 5.85. The molecule has 0 aliphatic carbocycles. The molecule has 1 aromatic carbocycles. The van der Waals surface area contributed by atoms with Gasteiger partial charge in [-0.3, -0.25) is 0 Å². The van der Waals surface area contributed by atoms with Gasteiger partial charge in [0.15, 0.2) is 5.16 Å². The highest BCUT2D eigenvalue weighted by Gasteiger charge is 2.08. The monoisotopic (exact) mass is 310 g/mol. The number of thioether (sulfide) groups is 1. The minimum Gasteiger partial charge on any atom is -0.461 e. The van der Waals surface area contributed by atoms with Crippen molar-refractivity contribution in [2.45, 2.75) is 30.9 Å². The Morgan fingerprint density at radius 3 is 2.55 bits per heavy atom. The molecule has 0 fully saturated rings. The number of nitrogen functional groups attached to an aromatic ring is 1. The van der Waals surface area contributed by atoms with Crippen LogP contribution in [0, 0.1) is 0 Å². The van der Waals surface area contributed by atoms with E-state index in [0.29, 0.717) is 5.16 Å². The van der Waals surface area contributed by atoms with Gasteiger partial charge >= 0.3 is 6.01 Å². The van der Waals surface area contributed by atoms with Crippen molar-refractivity contribution in [3.05, 3.63) is 34.9 Å². The molecule has 0 spiro atoms. The predicted octanol–water partition coefficient (Wildman–Crippen LogP) is 3.19. The summed E-state index contributed by atoms with van der Waals surface area (Å²) >= 11 is 7.32. The molecule has 2 rings (SSSR count). The van der Waals surface area contributed by atoms with Gasteiger partial charge in [0, 0.05) is 10.8 Å². The Balaban J connectivity index is 2.05. The highest BCUT2D eigenvalue weighted by molar-refractivity contribution is 7.98. The second-order valence-corrected chi connectivity index (χ2v) is 5.72. The summed E-state index contributed by atoms with van der Waals surface area (Å²) in [6.07, 6.45) is -0.00841. The topological polar surface area (TPSA) is 73.9 Å². The van der Waals surface area contributed by atoms with Crippen molar-refractivity contribution in [1.82, 2.24) is 15.0 Å². The summed E-state index contributed by atoms with van der Waals surface area (Å²) in [5, 5.41) is 1.26. The Kier molecular flexibility index (Phi) is 5.03. The van der Waals surface area contributed by atoms with E-state index in [1.54, 1.807) is 0 Å². The van der Waals surface area contributed by atoms with Gasteiger partial charge in [-0.1, -0.05) is 35.5 Å². The second kappa shape index (κ2) is 6.76. The molecular formula is C13H15ClN4OS. The van der Waals surface area contributed by atoms with Crippen LogP contribution in [0.25, 0.3) is 0 Å². The standard InChI is InChI=1S/C13H15ClN4OS/c1-8(2)19-12-16-11(15)17-13(18-12)20-7-9-3-5-10(14)6-4-9/h3-6,8H,7H2,1-2H3,(H2,15,16,17,18). The molecule has 0 aliphatic heterocycles. The van der Waals surface area contributed by atoms with E-state index >= 15 is 0 Å². The number of hydrogen-bond donors (Lipinski definition) is 1. The molecule has 0 radical (unpaired) electrons. The SMILES string of the molecule is CC(C)Oc1nc(N)nc(SCc2ccc(Cl)cc2)n1. The first kappa shape index (κ1) is 14.9. The molecule has 1 heterocycles. The smallest absolute Gasteiger partial charge is 0.322 e. The molecule has 0 amide bonds. The number of hydrogen-bond acceptors (Lipinski definition) is 6. The molecule has 0 saturated carbocycles. The van der Waals surface area contributed by atoms with Crippen molar-refractivity contribution < 1.29 is 4.74 Å². The van der Waals surface area contributed by atoms with Crippen LogP contribution in [0.4, 0.5) is 5.95 Å². The van der Waals surface area contributed by atoms with Crippen molar-refractivity contribution in [2.24, 2.45) is 0 Å². The molecule has 0 saturated heterocycles. The minimum atomic E-state index is -0.00841. The van der Waals surface area contributed by atoms with Crippen molar-refractivity contribution in [3.8, 4) is 6.01 Å². The zero-order valence-electron chi connectivity index (χ0n) is 11.2. The third-order valence-electron chi connectivity index (χ3n) is 2.23. The van der Waals surface area contributed by atoms with Gasteiger partial charge in [0.2, 0.25) is 5.95 Å². The fourth-order valence-electron chi connectivity index (χ4n) is 1.41. The Morgan fingerprint density at radius 1 is 1.20 bits per heavy atom. The van der Waals surface area contributed by atoms with Gasteiger partial charge in [0.25, 0.3) is 0 Å². The number of anilines is 1. The zero-order chi connectivity index (χ0) is 14.5. The highest BCUT2D eigenvalue weighted by atomic mass is 35.5. The molecule has 7 heteroatoms. The van der Waals surface area contributed by atoms with E-state index in [0.717, 1.165) is 16.3 Å². The third kappa shape index (κ3) is 4.54. The summed E-state index contributed by atoms with van der Waals surface area (Å²) in [5.41, 5.74) is 6.78. The van der Waals surface area contributed by atoms with Crippen LogP contribution in [0.3, 0.4) is 0 Å². The maximum atomic E-state index is 5.85. The summed E-state index contributed by atoms with van der Waals surface area (Å²) in [7, 11) is 0. The minimum absolute atomic E-state index is 0.00841. The van der Waals surface area contributed by atoms with E-state index in [1.165, 1.54) is 11.8 Å². The van der Waals surface area contributed by atoms with Gasteiger partial charge in [-0.25, -0.2) is 0 Å². The third-order valence-corrected chi connectivity index (χ3v) is 3.40. The van der Waals surface area contributed by atoms with E-state index < -0.39 is 0 Å². The quantitative estimate of drug-likeness (QED) is 0.855. The zero-order valence-corrected chi connectivity index (χ0v) is 12.8. The average molecular weight is 311 g/mol. The summed E-state index contributed by atoms with van der Waals surface area (Å²) in [5.74, 6) is 0.885. The van der Waals surface area contributed by atoms with Crippen LogP contribution in [0.1, 0.15) is 19.4 Å². The summed E-state index contributed by atoms with van der Waals surface area (Å²) < 4.78 is 5.43.